The van der Waals surface area contributed by atoms with Crippen LogP contribution >= 0.6 is 0 Å². The summed E-state index contributed by atoms with van der Waals surface area (Å²) in [4.78, 5) is 4.49. The minimum absolute atomic E-state index is 0.575. The van der Waals surface area contributed by atoms with Crippen LogP contribution in [0.25, 0.3) is 0 Å². The molecule has 0 radical (unpaired) electrons. The van der Waals surface area contributed by atoms with Crippen LogP contribution in [0.1, 0.15) is 30.8 Å². The van der Waals surface area contributed by atoms with E-state index in [-0.39, 0.29) is 0 Å². The Bertz CT molecular complexity index is 536. The molecule has 1 aromatic heterocycles. The maximum Gasteiger partial charge on any atom is 0.243 e. The second-order valence-corrected chi connectivity index (χ2v) is 4.33. The van der Waals surface area contributed by atoms with Gasteiger partial charge in [0.1, 0.15) is 0 Å². The topological polar surface area (TPSA) is 76.7 Å². The summed E-state index contributed by atoms with van der Waals surface area (Å²) in [6.07, 6.45) is 1.73. The standard InChI is InChI=1S/C14H19N5/c1-3-12-13(4-2)18-19-14(17-12)16-9-10-5-7-11(15)8-6-10/h5-8H,3-4,9,15H2,1-2H3,(H,16,17,19). The van der Waals surface area contributed by atoms with Crippen LogP contribution in [0.4, 0.5) is 11.6 Å². The second-order valence-electron chi connectivity index (χ2n) is 4.33. The zero-order chi connectivity index (χ0) is 13.7. The fraction of sp³-hybridized carbons (Fsp3) is 0.357. The molecule has 1 aromatic carbocycles. The summed E-state index contributed by atoms with van der Waals surface area (Å²) in [6.45, 7) is 4.80. The van der Waals surface area contributed by atoms with Gasteiger partial charge in [-0.1, -0.05) is 26.0 Å². The van der Waals surface area contributed by atoms with Gasteiger partial charge in [-0.2, -0.15) is 5.10 Å². The van der Waals surface area contributed by atoms with E-state index >= 15 is 0 Å². The van der Waals surface area contributed by atoms with Crippen molar-refractivity contribution in [3.8, 4) is 0 Å². The van der Waals surface area contributed by atoms with E-state index in [1.54, 1.807) is 0 Å². The van der Waals surface area contributed by atoms with Crippen molar-refractivity contribution in [1.82, 2.24) is 15.2 Å². The summed E-state index contributed by atoms with van der Waals surface area (Å²) in [5.41, 5.74) is 9.53. The fourth-order valence-corrected chi connectivity index (χ4v) is 1.83. The molecule has 0 fully saturated rings. The van der Waals surface area contributed by atoms with Gasteiger partial charge in [0.25, 0.3) is 0 Å². The summed E-state index contributed by atoms with van der Waals surface area (Å²) in [7, 11) is 0. The number of anilines is 2. The van der Waals surface area contributed by atoms with Crippen LogP contribution < -0.4 is 11.1 Å². The van der Waals surface area contributed by atoms with Gasteiger partial charge < -0.3 is 11.1 Å². The number of aromatic nitrogens is 3. The highest BCUT2D eigenvalue weighted by molar-refractivity contribution is 5.40. The first-order valence-electron chi connectivity index (χ1n) is 6.53. The number of rotatable bonds is 5. The molecule has 3 N–H and O–H groups in total. The molecule has 100 valence electrons. The molecule has 2 rings (SSSR count). The van der Waals surface area contributed by atoms with E-state index in [2.05, 4.69) is 34.3 Å². The number of hydrogen-bond acceptors (Lipinski definition) is 5. The monoisotopic (exact) mass is 257 g/mol. The van der Waals surface area contributed by atoms with E-state index in [0.717, 1.165) is 35.5 Å². The van der Waals surface area contributed by atoms with E-state index in [1.807, 2.05) is 24.3 Å². The van der Waals surface area contributed by atoms with E-state index in [4.69, 9.17) is 5.73 Å². The van der Waals surface area contributed by atoms with E-state index < -0.39 is 0 Å². The third kappa shape index (κ3) is 3.40. The zero-order valence-electron chi connectivity index (χ0n) is 11.3. The average molecular weight is 257 g/mol. The molecule has 5 nitrogen and oxygen atoms in total. The van der Waals surface area contributed by atoms with Crippen molar-refractivity contribution in [1.29, 1.82) is 0 Å². The SMILES string of the molecule is CCc1nnc(NCc2ccc(N)cc2)nc1CC. The van der Waals surface area contributed by atoms with Crippen LogP contribution in [0.2, 0.25) is 0 Å². The van der Waals surface area contributed by atoms with Crippen LogP contribution in [0.3, 0.4) is 0 Å². The zero-order valence-corrected chi connectivity index (χ0v) is 11.3. The lowest BCUT2D eigenvalue weighted by molar-refractivity contribution is 0.819. The third-order valence-corrected chi connectivity index (χ3v) is 2.94. The van der Waals surface area contributed by atoms with Gasteiger partial charge in [-0.25, -0.2) is 4.98 Å². The average Bonchev–Trinajstić information content (AvgIpc) is 2.46. The Hall–Kier alpha value is -2.17. The van der Waals surface area contributed by atoms with Crippen molar-refractivity contribution in [2.45, 2.75) is 33.2 Å². The normalized spacial score (nSPS) is 10.4. The van der Waals surface area contributed by atoms with Crippen LogP contribution in [0.5, 0.6) is 0 Å². The first-order chi connectivity index (χ1) is 9.22. The lowest BCUT2D eigenvalue weighted by Gasteiger charge is -2.08. The predicted molar refractivity (Wildman–Crippen MR) is 76.8 cm³/mol. The minimum Gasteiger partial charge on any atom is -0.399 e. The van der Waals surface area contributed by atoms with Crippen molar-refractivity contribution < 1.29 is 0 Å². The summed E-state index contributed by atoms with van der Waals surface area (Å²) < 4.78 is 0. The highest BCUT2D eigenvalue weighted by atomic mass is 15.2. The lowest BCUT2D eigenvalue weighted by atomic mass is 10.2. The summed E-state index contributed by atoms with van der Waals surface area (Å²) >= 11 is 0. The molecule has 0 atom stereocenters. The molecule has 19 heavy (non-hydrogen) atoms. The molecule has 1 heterocycles. The molecule has 0 aliphatic carbocycles. The fourth-order valence-electron chi connectivity index (χ4n) is 1.83. The number of benzene rings is 1. The molecule has 0 aliphatic heterocycles. The van der Waals surface area contributed by atoms with Crippen molar-refractivity contribution in [2.75, 3.05) is 11.1 Å². The number of nitrogens with zero attached hydrogens (tertiary/aromatic N) is 3. The van der Waals surface area contributed by atoms with Gasteiger partial charge in [0.2, 0.25) is 5.95 Å². The Kier molecular flexibility index (Phi) is 4.28. The smallest absolute Gasteiger partial charge is 0.243 e. The van der Waals surface area contributed by atoms with Crippen LogP contribution in [-0.4, -0.2) is 15.2 Å². The maximum absolute atomic E-state index is 5.65. The summed E-state index contributed by atoms with van der Waals surface area (Å²) in [6, 6.07) is 7.73. The highest BCUT2D eigenvalue weighted by Gasteiger charge is 2.05. The molecule has 5 heteroatoms. The van der Waals surface area contributed by atoms with Gasteiger partial charge >= 0.3 is 0 Å². The van der Waals surface area contributed by atoms with Gasteiger partial charge in [-0.05, 0) is 30.5 Å². The molecule has 0 amide bonds. The van der Waals surface area contributed by atoms with E-state index in [1.165, 1.54) is 0 Å². The Morgan fingerprint density at radius 1 is 1.00 bits per heavy atom. The van der Waals surface area contributed by atoms with Gasteiger partial charge in [0.15, 0.2) is 0 Å². The van der Waals surface area contributed by atoms with Gasteiger partial charge in [-0.3, -0.25) is 0 Å². The van der Waals surface area contributed by atoms with Crippen molar-refractivity contribution in [3.63, 3.8) is 0 Å². The Balaban J connectivity index is 2.05. The molecular weight excluding hydrogens is 238 g/mol. The predicted octanol–water partition coefficient (Wildman–Crippen LogP) is 2.19. The minimum atomic E-state index is 0.575. The third-order valence-electron chi connectivity index (χ3n) is 2.94. The molecule has 2 aromatic rings. The molecule has 0 saturated carbocycles. The number of nitrogens with one attached hydrogen (secondary N) is 1. The summed E-state index contributed by atoms with van der Waals surface area (Å²) in [5.74, 6) is 0.575. The van der Waals surface area contributed by atoms with Gasteiger partial charge in [-0.15, -0.1) is 5.10 Å². The Morgan fingerprint density at radius 2 is 1.68 bits per heavy atom. The molecule has 0 unspecified atom stereocenters. The molecular formula is C14H19N5. The number of nitrogens with two attached hydrogens (primary N) is 1. The maximum atomic E-state index is 5.65. The second kappa shape index (κ2) is 6.13. The molecule has 0 saturated heterocycles. The van der Waals surface area contributed by atoms with Crippen LogP contribution in [-0.2, 0) is 19.4 Å². The van der Waals surface area contributed by atoms with Gasteiger partial charge in [0, 0.05) is 12.2 Å². The van der Waals surface area contributed by atoms with Crippen LogP contribution in [0.15, 0.2) is 24.3 Å². The lowest BCUT2D eigenvalue weighted by Crippen LogP contribution is -2.09. The Morgan fingerprint density at radius 3 is 2.32 bits per heavy atom. The number of aryl methyl sites for hydroxylation is 2. The Labute approximate surface area is 113 Å². The molecule has 0 bridgehead atoms. The van der Waals surface area contributed by atoms with E-state index in [9.17, 15) is 0 Å². The van der Waals surface area contributed by atoms with Crippen LogP contribution in [0, 0.1) is 0 Å². The largest absolute Gasteiger partial charge is 0.399 e. The first-order valence-corrected chi connectivity index (χ1v) is 6.53. The molecule has 0 spiro atoms. The number of nitrogen functional groups attached to an aromatic ring is 1. The van der Waals surface area contributed by atoms with Crippen molar-refractivity contribution in [2.24, 2.45) is 0 Å². The van der Waals surface area contributed by atoms with Crippen molar-refractivity contribution >= 4 is 11.6 Å². The molecule has 0 aliphatic rings. The van der Waals surface area contributed by atoms with Crippen molar-refractivity contribution in [3.05, 3.63) is 41.2 Å². The number of hydrogen-bond donors (Lipinski definition) is 2. The highest BCUT2D eigenvalue weighted by Crippen LogP contribution is 2.09. The van der Waals surface area contributed by atoms with Gasteiger partial charge in [0.05, 0.1) is 11.4 Å². The quantitative estimate of drug-likeness (QED) is 0.803. The van der Waals surface area contributed by atoms with E-state index in [0.29, 0.717) is 12.5 Å². The first kappa shape index (κ1) is 13.3. The summed E-state index contributed by atoms with van der Waals surface area (Å²) in [5, 5.41) is 11.5.